The van der Waals surface area contributed by atoms with Crippen molar-refractivity contribution in [1.82, 2.24) is 10.6 Å². The zero-order chi connectivity index (χ0) is 11.2. The standard InChI is InChI=1S/C14H18N2/c1-2-8-15-9-10-16-14-11-13(14)12-6-4-3-5-7-12/h1,3-7,13-16H,8-11H2. The van der Waals surface area contributed by atoms with Crippen molar-refractivity contribution >= 4 is 0 Å². The van der Waals surface area contributed by atoms with Crippen molar-refractivity contribution < 1.29 is 0 Å². The highest BCUT2D eigenvalue weighted by atomic mass is 15.0. The van der Waals surface area contributed by atoms with Gasteiger partial charge in [-0.25, -0.2) is 0 Å². The first-order valence-electron chi connectivity index (χ1n) is 5.84. The van der Waals surface area contributed by atoms with E-state index in [1.165, 1.54) is 12.0 Å². The summed E-state index contributed by atoms with van der Waals surface area (Å²) in [7, 11) is 0. The summed E-state index contributed by atoms with van der Waals surface area (Å²) in [6.45, 7) is 2.60. The molecule has 0 heterocycles. The third kappa shape index (κ3) is 3.10. The van der Waals surface area contributed by atoms with Crippen LogP contribution in [0.4, 0.5) is 0 Å². The number of rotatable bonds is 6. The fourth-order valence-corrected chi connectivity index (χ4v) is 2.00. The average molecular weight is 214 g/mol. The lowest BCUT2D eigenvalue weighted by Crippen LogP contribution is -2.29. The lowest BCUT2D eigenvalue weighted by atomic mass is 10.1. The first kappa shape index (κ1) is 11.2. The molecule has 1 saturated carbocycles. The van der Waals surface area contributed by atoms with E-state index in [0.717, 1.165) is 13.1 Å². The maximum atomic E-state index is 5.15. The number of terminal acetylenes is 1. The molecule has 1 aliphatic carbocycles. The molecule has 16 heavy (non-hydrogen) atoms. The monoisotopic (exact) mass is 214 g/mol. The molecule has 0 amide bonds. The van der Waals surface area contributed by atoms with Crippen LogP contribution in [0.25, 0.3) is 0 Å². The summed E-state index contributed by atoms with van der Waals surface area (Å²) >= 11 is 0. The van der Waals surface area contributed by atoms with Crippen molar-refractivity contribution in [2.75, 3.05) is 19.6 Å². The molecule has 2 nitrogen and oxygen atoms in total. The zero-order valence-electron chi connectivity index (χ0n) is 9.45. The second-order valence-electron chi connectivity index (χ2n) is 4.19. The van der Waals surface area contributed by atoms with Crippen molar-refractivity contribution in [3.8, 4) is 12.3 Å². The predicted molar refractivity (Wildman–Crippen MR) is 67.3 cm³/mol. The minimum atomic E-state index is 0.661. The molecule has 2 atom stereocenters. The van der Waals surface area contributed by atoms with Gasteiger partial charge < -0.3 is 10.6 Å². The molecule has 0 aliphatic heterocycles. The summed E-state index contributed by atoms with van der Waals surface area (Å²) in [6, 6.07) is 11.4. The normalized spacial score (nSPS) is 22.7. The molecule has 2 rings (SSSR count). The first-order valence-corrected chi connectivity index (χ1v) is 5.84. The SMILES string of the molecule is C#CCNCCNC1CC1c1ccccc1. The van der Waals surface area contributed by atoms with Crippen LogP contribution in [0.2, 0.25) is 0 Å². The van der Waals surface area contributed by atoms with E-state index in [1.807, 2.05) is 0 Å². The van der Waals surface area contributed by atoms with Gasteiger partial charge in [0.05, 0.1) is 6.54 Å². The molecular formula is C14H18N2. The molecule has 84 valence electrons. The van der Waals surface area contributed by atoms with Crippen LogP contribution in [0.5, 0.6) is 0 Å². The van der Waals surface area contributed by atoms with Gasteiger partial charge in [-0.1, -0.05) is 36.3 Å². The Hall–Kier alpha value is -1.30. The van der Waals surface area contributed by atoms with Gasteiger partial charge in [0.25, 0.3) is 0 Å². The third-order valence-corrected chi connectivity index (χ3v) is 2.95. The lowest BCUT2D eigenvalue weighted by Gasteiger charge is -2.04. The highest BCUT2D eigenvalue weighted by Gasteiger charge is 2.37. The number of hydrogen-bond acceptors (Lipinski definition) is 2. The summed E-state index contributed by atoms with van der Waals surface area (Å²) in [4.78, 5) is 0. The van der Waals surface area contributed by atoms with E-state index in [0.29, 0.717) is 18.5 Å². The van der Waals surface area contributed by atoms with Crippen molar-refractivity contribution in [2.24, 2.45) is 0 Å². The van der Waals surface area contributed by atoms with E-state index in [-0.39, 0.29) is 0 Å². The van der Waals surface area contributed by atoms with Crippen molar-refractivity contribution in [3.05, 3.63) is 35.9 Å². The molecule has 0 aromatic heterocycles. The number of nitrogens with one attached hydrogen (secondary N) is 2. The highest BCUT2D eigenvalue weighted by molar-refractivity contribution is 5.27. The van der Waals surface area contributed by atoms with Crippen LogP contribution in [0, 0.1) is 12.3 Å². The number of hydrogen-bond donors (Lipinski definition) is 2. The van der Waals surface area contributed by atoms with E-state index in [1.54, 1.807) is 0 Å². The molecule has 0 radical (unpaired) electrons. The number of benzene rings is 1. The van der Waals surface area contributed by atoms with Gasteiger partial charge in [-0.3, -0.25) is 0 Å². The highest BCUT2D eigenvalue weighted by Crippen LogP contribution is 2.40. The lowest BCUT2D eigenvalue weighted by molar-refractivity contribution is 0.626. The van der Waals surface area contributed by atoms with E-state index in [9.17, 15) is 0 Å². The summed E-state index contributed by atoms with van der Waals surface area (Å²) in [5.41, 5.74) is 1.46. The quantitative estimate of drug-likeness (QED) is 0.552. The van der Waals surface area contributed by atoms with Gasteiger partial charge in [0.2, 0.25) is 0 Å². The summed E-state index contributed by atoms with van der Waals surface area (Å²) < 4.78 is 0. The second kappa shape index (κ2) is 5.69. The van der Waals surface area contributed by atoms with Crippen LogP contribution >= 0.6 is 0 Å². The van der Waals surface area contributed by atoms with Gasteiger partial charge >= 0.3 is 0 Å². The minimum Gasteiger partial charge on any atom is -0.312 e. The predicted octanol–water partition coefficient (Wildman–Crippen LogP) is 1.35. The van der Waals surface area contributed by atoms with Gasteiger partial charge in [-0.2, -0.15) is 0 Å². The van der Waals surface area contributed by atoms with Gasteiger partial charge in [0.15, 0.2) is 0 Å². The summed E-state index contributed by atoms with van der Waals surface area (Å²) in [6.07, 6.45) is 6.41. The smallest absolute Gasteiger partial charge is 0.0574 e. The first-order chi connectivity index (χ1) is 7.92. The van der Waals surface area contributed by atoms with Gasteiger partial charge in [0.1, 0.15) is 0 Å². The maximum Gasteiger partial charge on any atom is 0.0574 e. The van der Waals surface area contributed by atoms with Crippen LogP contribution in [-0.4, -0.2) is 25.7 Å². The molecule has 1 aromatic rings. The Morgan fingerprint density at radius 1 is 1.25 bits per heavy atom. The second-order valence-corrected chi connectivity index (χ2v) is 4.19. The van der Waals surface area contributed by atoms with Crippen LogP contribution in [0.3, 0.4) is 0 Å². The Morgan fingerprint density at radius 2 is 2.06 bits per heavy atom. The largest absolute Gasteiger partial charge is 0.312 e. The van der Waals surface area contributed by atoms with Crippen molar-refractivity contribution in [2.45, 2.75) is 18.4 Å². The Kier molecular flexibility index (Phi) is 3.98. The molecule has 0 bridgehead atoms. The molecule has 0 saturated heterocycles. The summed E-state index contributed by atoms with van der Waals surface area (Å²) in [5, 5.41) is 6.71. The molecule has 1 fully saturated rings. The van der Waals surface area contributed by atoms with E-state index in [4.69, 9.17) is 6.42 Å². The van der Waals surface area contributed by atoms with Crippen LogP contribution in [0.15, 0.2) is 30.3 Å². The minimum absolute atomic E-state index is 0.661. The molecule has 1 aromatic carbocycles. The van der Waals surface area contributed by atoms with Crippen LogP contribution < -0.4 is 10.6 Å². The Balaban J connectivity index is 1.63. The average Bonchev–Trinajstić information content (AvgIpc) is 3.10. The van der Waals surface area contributed by atoms with E-state index in [2.05, 4.69) is 46.9 Å². The molecule has 2 N–H and O–H groups in total. The van der Waals surface area contributed by atoms with Gasteiger partial charge in [0, 0.05) is 25.0 Å². The van der Waals surface area contributed by atoms with E-state index >= 15 is 0 Å². The molecule has 2 unspecified atom stereocenters. The molecule has 0 spiro atoms. The summed E-state index contributed by atoms with van der Waals surface area (Å²) in [5.74, 6) is 3.28. The molecule has 2 heteroatoms. The van der Waals surface area contributed by atoms with Gasteiger partial charge in [-0.15, -0.1) is 6.42 Å². The Labute approximate surface area is 97.4 Å². The Bertz CT molecular complexity index is 353. The van der Waals surface area contributed by atoms with Crippen molar-refractivity contribution in [1.29, 1.82) is 0 Å². The molecule has 1 aliphatic rings. The third-order valence-electron chi connectivity index (χ3n) is 2.95. The Morgan fingerprint density at radius 3 is 2.81 bits per heavy atom. The van der Waals surface area contributed by atoms with Crippen LogP contribution in [0.1, 0.15) is 17.9 Å². The molecular weight excluding hydrogens is 196 g/mol. The topological polar surface area (TPSA) is 24.1 Å². The maximum absolute atomic E-state index is 5.15. The van der Waals surface area contributed by atoms with Crippen LogP contribution in [-0.2, 0) is 0 Å². The fourth-order valence-electron chi connectivity index (χ4n) is 2.00. The fraction of sp³-hybridized carbons (Fsp3) is 0.429. The van der Waals surface area contributed by atoms with E-state index < -0.39 is 0 Å². The zero-order valence-corrected chi connectivity index (χ0v) is 9.45. The van der Waals surface area contributed by atoms with Crippen molar-refractivity contribution in [3.63, 3.8) is 0 Å². The van der Waals surface area contributed by atoms with Gasteiger partial charge in [-0.05, 0) is 12.0 Å².